The van der Waals surface area contributed by atoms with Gasteiger partial charge in [-0.1, -0.05) is 76.7 Å². The van der Waals surface area contributed by atoms with Crippen LogP contribution >= 0.6 is 46.4 Å². The maximum atomic E-state index is 12.9. The van der Waals surface area contributed by atoms with Crippen LogP contribution < -0.4 is 10.6 Å². The number of urea groups is 1. The van der Waals surface area contributed by atoms with Gasteiger partial charge in [-0.15, -0.1) is 0 Å². The number of benzene rings is 4. The number of carbonyl (C=O) groups is 1. The van der Waals surface area contributed by atoms with E-state index in [0.717, 1.165) is 16.5 Å². The molecule has 0 fully saturated rings. The highest BCUT2D eigenvalue weighted by Gasteiger charge is 2.37. The summed E-state index contributed by atoms with van der Waals surface area (Å²) in [6.07, 6.45) is 3.27. The normalized spacial score (nSPS) is 12.6. The average molecular weight is 663 g/mol. The fourth-order valence-corrected chi connectivity index (χ4v) is 5.74. The number of hydrogen-bond acceptors (Lipinski definition) is 4. The van der Waals surface area contributed by atoms with Crippen molar-refractivity contribution in [2.45, 2.75) is 5.60 Å². The van der Waals surface area contributed by atoms with E-state index in [9.17, 15) is 9.90 Å². The Morgan fingerprint density at radius 1 is 0.818 bits per heavy atom. The number of halogens is 4. The summed E-state index contributed by atoms with van der Waals surface area (Å²) >= 11 is 24.7. The summed E-state index contributed by atoms with van der Waals surface area (Å²) in [4.78, 5) is 21.9. The van der Waals surface area contributed by atoms with Gasteiger partial charge in [0.15, 0.2) is 5.60 Å². The van der Waals surface area contributed by atoms with Gasteiger partial charge in [-0.05, 0) is 82.9 Å². The molecule has 0 saturated carbocycles. The van der Waals surface area contributed by atoms with Crippen LogP contribution in [-0.4, -0.2) is 25.7 Å². The smallest absolute Gasteiger partial charge is 0.324 e. The van der Waals surface area contributed by atoms with Crippen LogP contribution in [0.25, 0.3) is 22.0 Å². The first kappa shape index (κ1) is 29.9. The average Bonchev–Trinajstić information content (AvgIpc) is 3.44. The maximum absolute atomic E-state index is 12.9. The Labute approximate surface area is 273 Å². The lowest BCUT2D eigenvalue weighted by Gasteiger charge is -2.30. The number of carbonyl (C=O) groups excluding carboxylic acids is 1. The van der Waals surface area contributed by atoms with Crippen LogP contribution in [0.15, 0.2) is 104 Å². The molecule has 0 spiro atoms. The predicted octanol–water partition coefficient (Wildman–Crippen LogP) is 9.18. The number of amides is 2. The topological polar surface area (TPSA) is 92.1 Å². The van der Waals surface area contributed by atoms with Crippen molar-refractivity contribution in [3.8, 4) is 11.1 Å². The Morgan fingerprint density at radius 3 is 2.30 bits per heavy atom. The summed E-state index contributed by atoms with van der Waals surface area (Å²) < 4.78 is 1.77. The van der Waals surface area contributed by atoms with E-state index in [2.05, 4.69) is 15.6 Å². The number of nitrogens with one attached hydrogen (secondary N) is 2. The number of nitrogens with zero attached hydrogens (tertiary/aromatic N) is 3. The summed E-state index contributed by atoms with van der Waals surface area (Å²) in [7, 11) is 1.82. The molecular formula is C33H23Cl4N5O2. The lowest BCUT2D eigenvalue weighted by Crippen LogP contribution is -2.31. The number of aryl methyl sites for hydroxylation is 1. The van der Waals surface area contributed by atoms with Crippen LogP contribution in [0.1, 0.15) is 16.8 Å². The third-order valence-corrected chi connectivity index (χ3v) is 8.46. The number of pyridine rings is 1. The number of aromatic nitrogens is 3. The Hall–Kier alpha value is -4.11. The monoisotopic (exact) mass is 661 g/mol. The first-order chi connectivity index (χ1) is 21.1. The zero-order valence-corrected chi connectivity index (χ0v) is 26.0. The van der Waals surface area contributed by atoms with E-state index in [1.165, 1.54) is 0 Å². The summed E-state index contributed by atoms with van der Waals surface area (Å²) in [5, 5.41) is 20.5. The van der Waals surface area contributed by atoms with Gasteiger partial charge in [0.2, 0.25) is 0 Å². The van der Waals surface area contributed by atoms with Gasteiger partial charge in [0.25, 0.3) is 0 Å². The predicted molar refractivity (Wildman–Crippen MR) is 178 cm³/mol. The second-order valence-corrected chi connectivity index (χ2v) is 11.8. The highest BCUT2D eigenvalue weighted by molar-refractivity contribution is 6.42. The number of imidazole rings is 1. The maximum Gasteiger partial charge on any atom is 0.324 e. The molecular weight excluding hydrogens is 640 g/mol. The lowest BCUT2D eigenvalue weighted by atomic mass is 9.82. The van der Waals surface area contributed by atoms with Crippen molar-refractivity contribution < 1.29 is 9.90 Å². The minimum atomic E-state index is -1.58. The number of rotatable bonds is 6. The Balaban J connectivity index is 1.48. The fraction of sp³-hybridized carbons (Fsp3) is 0.0606. The molecule has 6 rings (SSSR count). The van der Waals surface area contributed by atoms with E-state index >= 15 is 0 Å². The molecule has 1 atom stereocenters. The van der Waals surface area contributed by atoms with Gasteiger partial charge in [-0.25, -0.2) is 14.8 Å². The highest BCUT2D eigenvalue weighted by Crippen LogP contribution is 2.40. The van der Waals surface area contributed by atoms with Crippen molar-refractivity contribution >= 4 is 74.8 Å². The number of fused-ring (bicyclic) bond motifs is 1. The third-order valence-electron chi connectivity index (χ3n) is 7.23. The van der Waals surface area contributed by atoms with Crippen molar-refractivity contribution in [3.63, 3.8) is 0 Å². The Morgan fingerprint density at radius 2 is 1.59 bits per heavy atom. The van der Waals surface area contributed by atoms with Gasteiger partial charge in [0, 0.05) is 28.2 Å². The second kappa shape index (κ2) is 12.1. The summed E-state index contributed by atoms with van der Waals surface area (Å²) in [6, 6.07) is 26.0. The number of anilines is 2. The molecule has 6 aromatic rings. The van der Waals surface area contributed by atoms with Crippen molar-refractivity contribution in [2.24, 2.45) is 7.05 Å². The molecule has 4 aromatic carbocycles. The van der Waals surface area contributed by atoms with Gasteiger partial charge >= 0.3 is 6.03 Å². The molecule has 0 aliphatic heterocycles. The Kier molecular flexibility index (Phi) is 8.24. The lowest BCUT2D eigenvalue weighted by molar-refractivity contribution is 0.117. The number of aliphatic hydroxyl groups is 1. The van der Waals surface area contributed by atoms with Gasteiger partial charge in [-0.3, -0.25) is 5.32 Å². The molecule has 7 nitrogen and oxygen atoms in total. The molecule has 44 heavy (non-hydrogen) atoms. The van der Waals surface area contributed by atoms with Crippen molar-refractivity contribution in [2.75, 3.05) is 10.6 Å². The summed E-state index contributed by atoms with van der Waals surface area (Å²) in [5.41, 5.74) is 2.77. The minimum absolute atomic E-state index is 0.303. The molecule has 1 unspecified atom stereocenters. The first-order valence-electron chi connectivity index (χ1n) is 13.3. The summed E-state index contributed by atoms with van der Waals surface area (Å²) in [6.45, 7) is 0. The van der Waals surface area contributed by atoms with Gasteiger partial charge < -0.3 is 15.0 Å². The highest BCUT2D eigenvalue weighted by atomic mass is 35.5. The van der Waals surface area contributed by atoms with E-state index in [4.69, 9.17) is 51.4 Å². The van der Waals surface area contributed by atoms with Crippen LogP contribution in [0, 0.1) is 0 Å². The molecule has 3 N–H and O–H groups in total. The van der Waals surface area contributed by atoms with Gasteiger partial charge in [0.1, 0.15) is 5.82 Å². The first-order valence-corrected chi connectivity index (χ1v) is 14.8. The third kappa shape index (κ3) is 5.85. The molecule has 11 heteroatoms. The van der Waals surface area contributed by atoms with E-state index in [-0.39, 0.29) is 0 Å². The summed E-state index contributed by atoms with van der Waals surface area (Å²) in [5.74, 6) is 0.303. The molecule has 2 heterocycles. The van der Waals surface area contributed by atoms with E-state index < -0.39 is 11.6 Å². The van der Waals surface area contributed by atoms with Crippen molar-refractivity contribution in [3.05, 3.63) is 140 Å². The molecule has 2 aromatic heterocycles. The van der Waals surface area contributed by atoms with E-state index in [0.29, 0.717) is 53.9 Å². The number of hydrogen-bond donors (Lipinski definition) is 3. The van der Waals surface area contributed by atoms with E-state index in [1.54, 1.807) is 83.8 Å². The molecule has 0 bridgehead atoms. The molecule has 2 amide bonds. The standard InChI is InChI=1S/C33H23Cl4N5O2/c1-42-18-38-17-30(42)33(44,20-5-8-22(34)9-6-20)21-7-12-29-26(14-21)25(19-3-2-4-23(35)13-19)16-31(40-29)41-32(43)39-24-10-11-27(36)28(37)15-24/h2-18,44H,1H3,(H2,39,40,41,43). The van der Waals surface area contributed by atoms with Gasteiger partial charge in [-0.2, -0.15) is 0 Å². The van der Waals surface area contributed by atoms with Crippen LogP contribution in [0.2, 0.25) is 20.1 Å². The van der Waals surface area contributed by atoms with Gasteiger partial charge in [0.05, 0.1) is 33.8 Å². The quantitative estimate of drug-likeness (QED) is 0.166. The zero-order valence-electron chi connectivity index (χ0n) is 23.0. The second-order valence-electron chi connectivity index (χ2n) is 10.1. The SMILES string of the molecule is Cn1cncc1C(O)(c1ccc(Cl)cc1)c1ccc2nc(NC(=O)Nc3ccc(Cl)c(Cl)c3)cc(-c3cccc(Cl)c3)c2c1. The molecule has 0 saturated heterocycles. The van der Waals surface area contributed by atoms with E-state index in [1.807, 2.05) is 31.3 Å². The van der Waals surface area contributed by atoms with Crippen LogP contribution in [0.5, 0.6) is 0 Å². The Bertz CT molecular complexity index is 2030. The van der Waals surface area contributed by atoms with Crippen LogP contribution in [-0.2, 0) is 12.6 Å². The van der Waals surface area contributed by atoms with Crippen LogP contribution in [0.3, 0.4) is 0 Å². The minimum Gasteiger partial charge on any atom is -0.374 e. The molecule has 0 radical (unpaired) electrons. The molecule has 220 valence electrons. The zero-order chi connectivity index (χ0) is 31.0. The molecule has 0 aliphatic rings. The van der Waals surface area contributed by atoms with Crippen molar-refractivity contribution in [1.29, 1.82) is 0 Å². The largest absolute Gasteiger partial charge is 0.374 e. The van der Waals surface area contributed by atoms with Crippen molar-refractivity contribution in [1.82, 2.24) is 14.5 Å². The molecule has 0 aliphatic carbocycles. The fourth-order valence-electron chi connectivity index (χ4n) is 5.12. The van der Waals surface area contributed by atoms with Crippen LogP contribution in [0.4, 0.5) is 16.3 Å².